The highest BCUT2D eigenvalue weighted by atomic mass is 32.2. The summed E-state index contributed by atoms with van der Waals surface area (Å²) in [5.41, 5.74) is 0. The van der Waals surface area contributed by atoms with Crippen molar-refractivity contribution in [2.24, 2.45) is 5.92 Å². The van der Waals surface area contributed by atoms with Crippen LogP contribution >= 0.6 is 11.8 Å². The van der Waals surface area contributed by atoms with Gasteiger partial charge in [0.05, 0.1) is 0 Å². The lowest BCUT2D eigenvalue weighted by Gasteiger charge is -2.23. The number of hydrogen-bond donors (Lipinski definition) is 2. The molecule has 2 amide bonds. The van der Waals surface area contributed by atoms with Gasteiger partial charge in [-0.05, 0) is 37.2 Å². The number of nitrogens with one attached hydrogen (secondary N) is 1. The zero-order chi connectivity index (χ0) is 14.3. The fraction of sp³-hybridized carbons (Fsp3) is 0.846. The first-order valence-electron chi connectivity index (χ1n) is 6.78. The number of aliphatic carboxylic acids is 1. The van der Waals surface area contributed by atoms with E-state index in [1.807, 2.05) is 6.26 Å². The van der Waals surface area contributed by atoms with Crippen molar-refractivity contribution in [3.8, 4) is 0 Å². The summed E-state index contributed by atoms with van der Waals surface area (Å²) in [6, 6.07) is -1.06. The van der Waals surface area contributed by atoms with E-state index in [-0.39, 0.29) is 6.03 Å². The molecule has 0 radical (unpaired) electrons. The Morgan fingerprint density at radius 1 is 1.42 bits per heavy atom. The third kappa shape index (κ3) is 5.72. The van der Waals surface area contributed by atoms with Crippen molar-refractivity contribution in [3.05, 3.63) is 0 Å². The molecule has 1 atom stereocenters. The minimum Gasteiger partial charge on any atom is -0.480 e. The van der Waals surface area contributed by atoms with Crippen molar-refractivity contribution in [2.45, 2.75) is 38.1 Å². The van der Waals surface area contributed by atoms with Crippen LogP contribution in [0.15, 0.2) is 0 Å². The molecule has 1 aliphatic rings. The molecule has 1 rings (SSSR count). The van der Waals surface area contributed by atoms with Crippen molar-refractivity contribution in [1.82, 2.24) is 10.2 Å². The van der Waals surface area contributed by atoms with E-state index in [1.54, 1.807) is 23.7 Å². The summed E-state index contributed by atoms with van der Waals surface area (Å²) in [5.74, 6) is 0.339. The van der Waals surface area contributed by atoms with Gasteiger partial charge in [-0.3, -0.25) is 0 Å². The van der Waals surface area contributed by atoms with Gasteiger partial charge in [0.25, 0.3) is 0 Å². The number of nitrogens with zero attached hydrogens (tertiary/aromatic N) is 1. The monoisotopic (exact) mass is 288 g/mol. The fourth-order valence-corrected chi connectivity index (χ4v) is 2.89. The summed E-state index contributed by atoms with van der Waals surface area (Å²) in [7, 11) is 1.74. The van der Waals surface area contributed by atoms with E-state index in [0.717, 1.165) is 12.3 Å². The van der Waals surface area contributed by atoms with Crippen LogP contribution in [-0.4, -0.2) is 53.6 Å². The molecule has 5 nitrogen and oxygen atoms in total. The lowest BCUT2D eigenvalue weighted by atomic mass is 10.1. The molecule has 6 heteroatoms. The Morgan fingerprint density at radius 2 is 2.05 bits per heavy atom. The largest absolute Gasteiger partial charge is 0.480 e. The van der Waals surface area contributed by atoms with Crippen LogP contribution in [0, 0.1) is 5.92 Å². The van der Waals surface area contributed by atoms with E-state index in [4.69, 9.17) is 5.11 Å². The maximum Gasteiger partial charge on any atom is 0.326 e. The number of amides is 2. The minimum absolute atomic E-state index is 0.277. The number of carboxylic acids is 1. The Morgan fingerprint density at radius 3 is 2.58 bits per heavy atom. The van der Waals surface area contributed by atoms with Crippen molar-refractivity contribution >= 4 is 23.8 Å². The Balaban J connectivity index is 2.38. The van der Waals surface area contributed by atoms with Crippen molar-refractivity contribution in [3.63, 3.8) is 0 Å². The van der Waals surface area contributed by atoms with Gasteiger partial charge in [-0.2, -0.15) is 11.8 Å². The molecular weight excluding hydrogens is 264 g/mol. The average molecular weight is 288 g/mol. The Labute approximate surface area is 119 Å². The molecule has 0 aliphatic heterocycles. The quantitative estimate of drug-likeness (QED) is 0.752. The van der Waals surface area contributed by atoms with Gasteiger partial charge in [-0.25, -0.2) is 9.59 Å². The molecule has 110 valence electrons. The molecule has 0 aromatic rings. The smallest absolute Gasteiger partial charge is 0.326 e. The van der Waals surface area contributed by atoms with Crippen LogP contribution in [0.2, 0.25) is 0 Å². The number of hydrogen-bond acceptors (Lipinski definition) is 3. The van der Waals surface area contributed by atoms with Crippen LogP contribution in [0.3, 0.4) is 0 Å². The van der Waals surface area contributed by atoms with Crippen LogP contribution < -0.4 is 5.32 Å². The lowest BCUT2D eigenvalue weighted by molar-refractivity contribution is -0.139. The highest BCUT2D eigenvalue weighted by Gasteiger charge is 2.23. The Bertz CT molecular complexity index is 306. The Kier molecular flexibility index (Phi) is 7.05. The van der Waals surface area contributed by atoms with Gasteiger partial charge < -0.3 is 15.3 Å². The second-order valence-electron chi connectivity index (χ2n) is 5.15. The molecule has 0 spiro atoms. The van der Waals surface area contributed by atoms with Crippen molar-refractivity contribution in [2.75, 3.05) is 25.6 Å². The highest BCUT2D eigenvalue weighted by Crippen LogP contribution is 2.25. The Hall–Kier alpha value is -0.910. The number of carbonyl (C=O) groups is 2. The van der Waals surface area contributed by atoms with Gasteiger partial charge in [-0.1, -0.05) is 12.8 Å². The maximum absolute atomic E-state index is 12.0. The predicted molar refractivity (Wildman–Crippen MR) is 77.5 cm³/mol. The molecule has 0 heterocycles. The van der Waals surface area contributed by atoms with Gasteiger partial charge >= 0.3 is 12.0 Å². The molecule has 1 saturated carbocycles. The summed E-state index contributed by atoms with van der Waals surface area (Å²) in [5, 5.41) is 11.7. The summed E-state index contributed by atoms with van der Waals surface area (Å²) in [6.07, 6.45) is 7.21. The normalized spacial score (nSPS) is 17.2. The van der Waals surface area contributed by atoms with Crippen LogP contribution in [0.1, 0.15) is 32.1 Å². The zero-order valence-corrected chi connectivity index (χ0v) is 12.5. The van der Waals surface area contributed by atoms with Gasteiger partial charge in [0, 0.05) is 13.6 Å². The van der Waals surface area contributed by atoms with Gasteiger partial charge in [0.2, 0.25) is 0 Å². The number of carbonyl (C=O) groups excluding carboxylic acids is 1. The van der Waals surface area contributed by atoms with E-state index < -0.39 is 12.0 Å². The number of urea groups is 1. The molecule has 0 bridgehead atoms. The molecule has 0 aromatic heterocycles. The van der Waals surface area contributed by atoms with E-state index in [2.05, 4.69) is 5.32 Å². The van der Waals surface area contributed by atoms with Crippen LogP contribution in [0.4, 0.5) is 4.79 Å². The summed E-state index contributed by atoms with van der Waals surface area (Å²) in [6.45, 7) is 0.723. The van der Waals surface area contributed by atoms with Gasteiger partial charge in [0.1, 0.15) is 6.04 Å². The number of thioether (sulfide) groups is 1. The van der Waals surface area contributed by atoms with E-state index in [1.165, 1.54) is 25.7 Å². The van der Waals surface area contributed by atoms with Gasteiger partial charge in [0.15, 0.2) is 0 Å². The molecule has 1 fully saturated rings. The van der Waals surface area contributed by atoms with E-state index in [9.17, 15) is 9.59 Å². The highest BCUT2D eigenvalue weighted by molar-refractivity contribution is 7.98. The first-order valence-corrected chi connectivity index (χ1v) is 8.17. The summed E-state index contributed by atoms with van der Waals surface area (Å²) in [4.78, 5) is 24.6. The first kappa shape index (κ1) is 16.1. The molecule has 0 unspecified atom stereocenters. The van der Waals surface area contributed by atoms with E-state index >= 15 is 0 Å². The van der Waals surface area contributed by atoms with Crippen molar-refractivity contribution in [1.29, 1.82) is 0 Å². The third-order valence-corrected chi connectivity index (χ3v) is 4.20. The van der Waals surface area contributed by atoms with Crippen molar-refractivity contribution < 1.29 is 14.7 Å². The summed E-state index contributed by atoms with van der Waals surface area (Å²) >= 11 is 1.58. The second kappa shape index (κ2) is 8.30. The second-order valence-corrected chi connectivity index (χ2v) is 6.14. The predicted octanol–water partition coefficient (Wildman–Crippen LogP) is 2.02. The molecular formula is C13H24N2O3S. The van der Waals surface area contributed by atoms with Crippen LogP contribution in [0.5, 0.6) is 0 Å². The first-order chi connectivity index (χ1) is 9.04. The topological polar surface area (TPSA) is 69.6 Å². The molecule has 1 aliphatic carbocycles. The molecule has 0 saturated heterocycles. The average Bonchev–Trinajstić information content (AvgIpc) is 2.86. The van der Waals surface area contributed by atoms with Crippen LogP contribution in [-0.2, 0) is 4.79 Å². The van der Waals surface area contributed by atoms with Gasteiger partial charge in [-0.15, -0.1) is 0 Å². The van der Waals surface area contributed by atoms with Crippen LogP contribution in [0.25, 0.3) is 0 Å². The zero-order valence-electron chi connectivity index (χ0n) is 11.7. The van der Waals surface area contributed by atoms with E-state index in [0.29, 0.717) is 12.3 Å². The molecule has 19 heavy (non-hydrogen) atoms. The summed E-state index contributed by atoms with van der Waals surface area (Å²) < 4.78 is 0. The standard InChI is InChI=1S/C13H24N2O3S/c1-15(9-10-5-3-4-6-10)13(18)14-11(12(16)17)7-8-19-2/h10-11H,3-9H2,1-2H3,(H,14,18)(H,16,17)/t11-/m1/s1. The minimum atomic E-state index is -0.961. The lowest BCUT2D eigenvalue weighted by Crippen LogP contribution is -2.47. The molecule has 2 N–H and O–H groups in total. The third-order valence-electron chi connectivity index (χ3n) is 3.56. The fourth-order valence-electron chi connectivity index (χ4n) is 2.42. The number of rotatable bonds is 7. The number of carboxylic acid groups (broad SMARTS) is 1. The molecule has 0 aromatic carbocycles. The SMILES string of the molecule is CSCC[C@@H](NC(=O)N(C)CC1CCCC1)C(=O)O. The maximum atomic E-state index is 12.0.